The van der Waals surface area contributed by atoms with Crippen molar-refractivity contribution in [1.29, 1.82) is 0 Å². The Kier molecular flexibility index (Phi) is 7.14. The third-order valence-corrected chi connectivity index (χ3v) is 5.41. The van der Waals surface area contributed by atoms with E-state index in [0.29, 0.717) is 0 Å². The van der Waals surface area contributed by atoms with Gasteiger partial charge in [-0.2, -0.15) is 5.10 Å². The van der Waals surface area contributed by atoms with E-state index in [1.54, 1.807) is 0 Å². The summed E-state index contributed by atoms with van der Waals surface area (Å²) in [6, 6.07) is 8.23. The quantitative estimate of drug-likeness (QED) is 0.824. The molecule has 4 rings (SSSR count). The number of nitrogens with zero attached hydrogens (tertiary/aromatic N) is 4. The third kappa shape index (κ3) is 4.08. The molecule has 1 amide bonds. The molecule has 0 spiro atoms. The van der Waals surface area contributed by atoms with Gasteiger partial charge in [0.1, 0.15) is 0 Å². The molecule has 8 heteroatoms. The van der Waals surface area contributed by atoms with E-state index in [0.717, 1.165) is 49.5 Å². The number of hydrogen-bond acceptors (Lipinski definition) is 4. The second kappa shape index (κ2) is 8.95. The van der Waals surface area contributed by atoms with Gasteiger partial charge in [-0.25, -0.2) is 0 Å². The summed E-state index contributed by atoms with van der Waals surface area (Å²) in [4.78, 5) is 17.7. The van der Waals surface area contributed by atoms with E-state index in [-0.39, 0.29) is 42.6 Å². The Morgan fingerprint density at radius 1 is 1.11 bits per heavy atom. The zero-order chi connectivity index (χ0) is 17.4. The molecule has 1 fully saturated rings. The summed E-state index contributed by atoms with van der Waals surface area (Å²) >= 11 is 0. The number of halogens is 2. The molecule has 6 nitrogen and oxygen atoms in total. The monoisotopic (exact) mass is 411 g/mol. The molecule has 0 unspecified atom stereocenters. The van der Waals surface area contributed by atoms with Crippen LogP contribution in [0.5, 0.6) is 0 Å². The summed E-state index contributed by atoms with van der Waals surface area (Å²) in [7, 11) is 4.02. The molecule has 2 atom stereocenters. The number of carbonyl (C=O) groups is 1. The normalized spacial score (nSPS) is 21.7. The number of nitrogens with one attached hydrogen (secondary N) is 1. The molecule has 3 heterocycles. The first kappa shape index (κ1) is 21.5. The molecule has 2 aliphatic rings. The summed E-state index contributed by atoms with van der Waals surface area (Å²) in [5.74, 6) is 0.372. The van der Waals surface area contributed by atoms with Crippen LogP contribution in [0.3, 0.4) is 0 Å². The van der Waals surface area contributed by atoms with Gasteiger partial charge in [0.05, 0.1) is 23.5 Å². The zero-order valence-corrected chi connectivity index (χ0v) is 17.3. The molecule has 0 radical (unpaired) electrons. The Hall–Kier alpha value is -1.76. The number of anilines is 2. The van der Waals surface area contributed by atoms with Gasteiger partial charge in [0.25, 0.3) is 0 Å². The topological polar surface area (TPSA) is 53.4 Å². The van der Waals surface area contributed by atoms with Crippen molar-refractivity contribution >= 4 is 42.1 Å². The average Bonchev–Trinajstić information content (AvgIpc) is 3.23. The maximum absolute atomic E-state index is 13.5. The van der Waals surface area contributed by atoms with Gasteiger partial charge in [-0.15, -0.1) is 24.8 Å². The highest BCUT2D eigenvalue weighted by Crippen LogP contribution is 2.35. The molecule has 148 valence electrons. The van der Waals surface area contributed by atoms with Crippen LogP contribution in [0, 0.1) is 5.92 Å². The Bertz CT molecular complexity index is 781. The maximum atomic E-state index is 13.5. The third-order valence-electron chi connectivity index (χ3n) is 5.41. The number of carbonyl (C=O) groups excluding carboxylic acids is 1. The molecule has 0 saturated carbocycles. The lowest BCUT2D eigenvalue weighted by Crippen LogP contribution is -2.39. The van der Waals surface area contributed by atoms with E-state index in [9.17, 15) is 4.79 Å². The standard InChI is InChI=1S/C19H25N5O.2ClH/c1-22-8-5-9-24(18-7-4-3-6-17(18)22)19(25)16-12-20-11-15(16)14-10-21-23(2)13-14;;/h3-4,6-7,10,13,15-16,20H,5,8-9,11-12H2,1-2H3;2*1H/t15-,16+;;/m1../s1. The lowest BCUT2D eigenvalue weighted by atomic mass is 9.89. The molecule has 2 aliphatic heterocycles. The predicted octanol–water partition coefficient (Wildman–Crippen LogP) is 2.44. The van der Waals surface area contributed by atoms with Crippen molar-refractivity contribution in [3.8, 4) is 0 Å². The van der Waals surface area contributed by atoms with E-state index < -0.39 is 0 Å². The van der Waals surface area contributed by atoms with E-state index in [2.05, 4.69) is 34.5 Å². The smallest absolute Gasteiger partial charge is 0.232 e. The lowest BCUT2D eigenvalue weighted by molar-refractivity contribution is -0.122. The highest BCUT2D eigenvalue weighted by atomic mass is 35.5. The molecular formula is C19H27Cl2N5O. The van der Waals surface area contributed by atoms with Crippen LogP contribution in [0.25, 0.3) is 0 Å². The second-order valence-electron chi connectivity index (χ2n) is 7.07. The van der Waals surface area contributed by atoms with Crippen LogP contribution in [0.15, 0.2) is 36.7 Å². The minimum Gasteiger partial charge on any atom is -0.373 e. The van der Waals surface area contributed by atoms with Crippen LogP contribution < -0.4 is 15.1 Å². The number of aromatic nitrogens is 2. The summed E-state index contributed by atoms with van der Waals surface area (Å²) < 4.78 is 1.81. The number of hydrogen-bond donors (Lipinski definition) is 1. The Balaban J connectivity index is 0.00000131. The highest BCUT2D eigenvalue weighted by Gasteiger charge is 2.38. The number of aryl methyl sites for hydroxylation is 1. The second-order valence-corrected chi connectivity index (χ2v) is 7.07. The molecule has 1 saturated heterocycles. The predicted molar refractivity (Wildman–Crippen MR) is 113 cm³/mol. The summed E-state index contributed by atoms with van der Waals surface area (Å²) in [6.07, 6.45) is 4.90. The molecule has 0 aliphatic carbocycles. The van der Waals surface area contributed by atoms with E-state index in [1.165, 1.54) is 0 Å². The fourth-order valence-electron chi connectivity index (χ4n) is 4.07. The Morgan fingerprint density at radius 3 is 2.56 bits per heavy atom. The number of rotatable bonds is 2. The van der Waals surface area contributed by atoms with Gasteiger partial charge in [0.2, 0.25) is 5.91 Å². The van der Waals surface area contributed by atoms with E-state index >= 15 is 0 Å². The van der Waals surface area contributed by atoms with E-state index in [1.807, 2.05) is 41.2 Å². The first-order valence-corrected chi connectivity index (χ1v) is 8.96. The molecule has 27 heavy (non-hydrogen) atoms. The molecule has 0 bridgehead atoms. The van der Waals surface area contributed by atoms with Crippen LogP contribution in [0.4, 0.5) is 11.4 Å². The minimum absolute atomic E-state index is 0. The fraction of sp³-hybridized carbons (Fsp3) is 0.474. The fourth-order valence-corrected chi connectivity index (χ4v) is 4.07. The number of benzene rings is 1. The van der Waals surface area contributed by atoms with Gasteiger partial charge in [-0.1, -0.05) is 12.1 Å². The summed E-state index contributed by atoms with van der Waals surface area (Å²) in [5.41, 5.74) is 3.31. The van der Waals surface area contributed by atoms with Gasteiger partial charge in [0.15, 0.2) is 0 Å². The van der Waals surface area contributed by atoms with Crippen LogP contribution in [0.2, 0.25) is 0 Å². The van der Waals surface area contributed by atoms with Crippen LogP contribution in [-0.4, -0.2) is 48.9 Å². The first-order chi connectivity index (χ1) is 12.1. The Morgan fingerprint density at radius 2 is 1.85 bits per heavy atom. The van der Waals surface area contributed by atoms with Crippen molar-refractivity contribution in [3.05, 3.63) is 42.2 Å². The number of amides is 1. The highest BCUT2D eigenvalue weighted by molar-refractivity contribution is 5.99. The summed E-state index contributed by atoms with van der Waals surface area (Å²) in [5, 5.41) is 7.69. The molecule has 1 aromatic carbocycles. The van der Waals surface area contributed by atoms with Crippen molar-refractivity contribution in [2.45, 2.75) is 12.3 Å². The summed E-state index contributed by atoms with van der Waals surface area (Å²) in [6.45, 7) is 3.30. The van der Waals surface area contributed by atoms with Crippen molar-refractivity contribution in [3.63, 3.8) is 0 Å². The van der Waals surface area contributed by atoms with Crippen molar-refractivity contribution in [2.24, 2.45) is 13.0 Å². The van der Waals surface area contributed by atoms with Gasteiger partial charge in [-0.05, 0) is 24.1 Å². The molecule has 1 N–H and O–H groups in total. The van der Waals surface area contributed by atoms with Crippen LogP contribution >= 0.6 is 24.8 Å². The minimum atomic E-state index is -0.0411. The van der Waals surface area contributed by atoms with Crippen LogP contribution in [0.1, 0.15) is 17.9 Å². The van der Waals surface area contributed by atoms with Gasteiger partial charge in [-0.3, -0.25) is 9.48 Å². The van der Waals surface area contributed by atoms with E-state index in [4.69, 9.17) is 0 Å². The Labute approximate surface area is 172 Å². The maximum Gasteiger partial charge on any atom is 0.232 e. The molecule has 1 aromatic heterocycles. The lowest BCUT2D eigenvalue weighted by Gasteiger charge is -2.28. The van der Waals surface area contributed by atoms with Crippen molar-refractivity contribution < 1.29 is 4.79 Å². The average molecular weight is 412 g/mol. The van der Waals surface area contributed by atoms with Gasteiger partial charge >= 0.3 is 0 Å². The SMILES string of the molecule is CN1CCCN(C(=O)[C@H]2CNC[C@@H]2c2cnn(C)c2)c2ccccc21.Cl.Cl. The molecule has 2 aromatic rings. The van der Waals surface area contributed by atoms with Crippen molar-refractivity contribution in [2.75, 3.05) is 43.0 Å². The van der Waals surface area contributed by atoms with Crippen LogP contribution in [-0.2, 0) is 11.8 Å². The van der Waals surface area contributed by atoms with Gasteiger partial charge in [0, 0.05) is 52.4 Å². The zero-order valence-electron chi connectivity index (χ0n) is 15.7. The largest absolute Gasteiger partial charge is 0.373 e. The van der Waals surface area contributed by atoms with Gasteiger partial charge < -0.3 is 15.1 Å². The number of para-hydroxylation sites is 2. The molecular weight excluding hydrogens is 385 g/mol. The van der Waals surface area contributed by atoms with Crippen molar-refractivity contribution in [1.82, 2.24) is 15.1 Å². The number of fused-ring (bicyclic) bond motifs is 1. The first-order valence-electron chi connectivity index (χ1n) is 8.96.